The summed E-state index contributed by atoms with van der Waals surface area (Å²) in [5.74, 6) is 0.274. The summed E-state index contributed by atoms with van der Waals surface area (Å²) in [4.78, 5) is 20.9. The molecule has 0 spiro atoms. The molecule has 6 aromatic carbocycles. The number of rotatable bonds is 8. The van der Waals surface area contributed by atoms with Gasteiger partial charge in [0.15, 0.2) is 9.84 Å². The van der Waals surface area contributed by atoms with Gasteiger partial charge in [0.2, 0.25) is 10.0 Å². The van der Waals surface area contributed by atoms with E-state index in [4.69, 9.17) is 14.7 Å². The molecule has 15 nitrogen and oxygen atoms in total. The highest BCUT2D eigenvalue weighted by Crippen LogP contribution is 2.36. The first-order valence-electron chi connectivity index (χ1n) is 20.0. The predicted molar refractivity (Wildman–Crippen MR) is 243 cm³/mol. The molecule has 6 aromatic rings. The van der Waals surface area contributed by atoms with Crippen molar-refractivity contribution in [3.8, 4) is 35.1 Å². The fraction of sp³-hybridized carbons (Fsp3) is 0.106. The van der Waals surface area contributed by atoms with Crippen molar-refractivity contribution in [3.63, 3.8) is 0 Å². The van der Waals surface area contributed by atoms with Crippen molar-refractivity contribution < 1.29 is 39.5 Å². The number of amidine groups is 2. The molecule has 0 bridgehead atoms. The molecule has 0 aliphatic carbocycles. The Labute approximate surface area is 382 Å². The number of sulfonamides is 1. The van der Waals surface area contributed by atoms with E-state index in [1.807, 2.05) is 34.1 Å². The lowest BCUT2D eigenvalue weighted by atomic mass is 10.1. The van der Waals surface area contributed by atoms with Crippen LogP contribution in [0.2, 0.25) is 0 Å². The van der Waals surface area contributed by atoms with Crippen LogP contribution in [0.5, 0.6) is 23.0 Å². The molecule has 0 saturated heterocycles. The van der Waals surface area contributed by atoms with E-state index in [1.54, 1.807) is 55.1 Å². The van der Waals surface area contributed by atoms with Crippen molar-refractivity contribution in [3.05, 3.63) is 167 Å². The van der Waals surface area contributed by atoms with Gasteiger partial charge in [0.25, 0.3) is 0 Å². The summed E-state index contributed by atoms with van der Waals surface area (Å²) >= 11 is 0. The number of sulfone groups is 1. The van der Waals surface area contributed by atoms with Gasteiger partial charge >= 0.3 is 0 Å². The summed E-state index contributed by atoms with van der Waals surface area (Å²) in [5.41, 5.74) is 3.48. The number of ether oxygens (including phenoxy) is 2. The van der Waals surface area contributed by atoms with Gasteiger partial charge in [-0.3, -0.25) is 9.98 Å². The maximum absolute atomic E-state index is 14.1. The first-order valence-corrected chi connectivity index (χ1v) is 23.2. The van der Waals surface area contributed by atoms with Crippen LogP contribution in [0.4, 0.5) is 24.5 Å². The van der Waals surface area contributed by atoms with Crippen molar-refractivity contribution in [2.75, 3.05) is 26.2 Å². The third-order valence-corrected chi connectivity index (χ3v) is 12.9. The second kappa shape index (κ2) is 19.1. The molecule has 0 atom stereocenters. The summed E-state index contributed by atoms with van der Waals surface area (Å²) in [6.07, 6.45) is 3.52. The fourth-order valence-corrected chi connectivity index (χ4v) is 9.21. The molecule has 4 aliphatic rings. The van der Waals surface area contributed by atoms with Gasteiger partial charge in [0.05, 0.1) is 48.5 Å². The number of nitrogens with two attached hydrogens (primary N) is 1. The van der Waals surface area contributed by atoms with E-state index < -0.39 is 52.9 Å². The van der Waals surface area contributed by atoms with Crippen LogP contribution in [-0.4, -0.2) is 77.2 Å². The van der Waals surface area contributed by atoms with Gasteiger partial charge in [-0.1, -0.05) is 42.5 Å². The molecular formula is C47H34F3N9O6S2. The van der Waals surface area contributed by atoms with Crippen LogP contribution >= 0.6 is 0 Å². The molecule has 67 heavy (non-hydrogen) atoms. The van der Waals surface area contributed by atoms with Crippen LogP contribution in [0.15, 0.2) is 151 Å². The van der Waals surface area contributed by atoms with Crippen molar-refractivity contribution in [1.82, 2.24) is 9.80 Å². The summed E-state index contributed by atoms with van der Waals surface area (Å²) in [7, 11) is -7.92. The maximum atomic E-state index is 14.1. The fourth-order valence-electron chi connectivity index (χ4n) is 7.15. The highest BCUT2D eigenvalue weighted by atomic mass is 32.2. The van der Waals surface area contributed by atoms with Gasteiger partial charge in [-0.05, 0) is 84.4 Å². The third kappa shape index (κ3) is 9.92. The number of nitrogens with zero attached hydrogens (tertiary/aromatic N) is 8. The van der Waals surface area contributed by atoms with Gasteiger partial charge in [-0.25, -0.2) is 45.1 Å². The van der Waals surface area contributed by atoms with Crippen LogP contribution in [0, 0.1) is 40.1 Å². The lowest BCUT2D eigenvalue weighted by molar-refractivity contribution is 0.474. The zero-order chi connectivity index (χ0) is 47.3. The van der Waals surface area contributed by atoms with Gasteiger partial charge in [0.1, 0.15) is 79.6 Å². The number of hydrogen-bond acceptors (Lipinski definition) is 14. The lowest BCUT2D eigenvalue weighted by Crippen LogP contribution is -2.29. The molecule has 0 saturated carbocycles. The van der Waals surface area contributed by atoms with Gasteiger partial charge in [-0.15, -0.1) is 0 Å². The Balaban J connectivity index is 0.000000154. The van der Waals surface area contributed by atoms with Crippen molar-refractivity contribution in [2.45, 2.75) is 15.5 Å². The zero-order valence-electron chi connectivity index (χ0n) is 34.8. The van der Waals surface area contributed by atoms with E-state index in [1.165, 1.54) is 48.5 Å². The van der Waals surface area contributed by atoms with Crippen LogP contribution in [0.1, 0.15) is 27.8 Å². The minimum absolute atomic E-state index is 0.0768. The molecule has 0 unspecified atom stereocenters. The molecule has 4 aliphatic heterocycles. The van der Waals surface area contributed by atoms with Crippen LogP contribution in [0.3, 0.4) is 0 Å². The number of fused-ring (bicyclic) bond motifs is 6. The van der Waals surface area contributed by atoms with Crippen molar-refractivity contribution >= 4 is 55.6 Å². The molecular weight excluding hydrogens is 908 g/mol. The molecule has 20 heteroatoms. The van der Waals surface area contributed by atoms with Crippen LogP contribution < -0.4 is 14.6 Å². The highest BCUT2D eigenvalue weighted by Gasteiger charge is 2.27. The molecule has 10 rings (SSSR count). The first-order chi connectivity index (χ1) is 32.2. The van der Waals surface area contributed by atoms with E-state index in [0.29, 0.717) is 18.0 Å². The summed E-state index contributed by atoms with van der Waals surface area (Å²) in [5, 5.41) is 23.5. The second-order valence-corrected chi connectivity index (χ2v) is 18.1. The monoisotopic (exact) mass is 941 g/mol. The number of benzene rings is 6. The summed E-state index contributed by atoms with van der Waals surface area (Å²) in [6.45, 7) is 2.99. The largest absolute Gasteiger partial charge is 0.456 e. The molecule has 0 aromatic heterocycles. The standard InChI is InChI=1S/C24H17FN4O3S.C17H11FN4O.C6H6FNO2S/c25-20-5-1-2-7-23(20)33(30,31)14-16-4-3-6-22(19(16)13-26)32-17-8-9-21-18(12-17)24-27-10-11-29(24)15-28-21;18-14-2-1-3-16(13(14)9-19)23-11-4-5-15-12(8-11)17-20-6-7-22(17)10-21-15;7-5-3-1-2-4-6(5)11(8,9)10/h1-9,12,15H,10-11,14H2;1-5,8,10H,6-7H2;1-4H,(H2,8,9,10). The van der Waals surface area contributed by atoms with E-state index in [9.17, 15) is 35.3 Å². The minimum atomic E-state index is -4.01. The van der Waals surface area contributed by atoms with Gasteiger partial charge in [0, 0.05) is 24.2 Å². The van der Waals surface area contributed by atoms with Gasteiger partial charge < -0.3 is 19.3 Å². The Hall–Kier alpha value is -8.17. The SMILES string of the molecule is N#Cc1c(CS(=O)(=O)c2ccccc2F)cccc1Oc1ccc2c(c1)C1=NCCN1C=N2.N#Cc1c(F)cccc1Oc1ccc2c(c1)C1=NCCN1C=N2.NS(=O)(=O)c1ccccc1F. The number of hydrogen-bond donors (Lipinski definition) is 1. The molecule has 4 heterocycles. The van der Waals surface area contributed by atoms with Crippen LogP contribution in [-0.2, 0) is 25.6 Å². The Morgan fingerprint density at radius 3 is 1.57 bits per heavy atom. The minimum Gasteiger partial charge on any atom is -0.456 e. The summed E-state index contributed by atoms with van der Waals surface area (Å²) in [6, 6.07) is 33.7. The Bertz CT molecular complexity index is 3390. The molecule has 0 amide bonds. The van der Waals surface area contributed by atoms with E-state index >= 15 is 0 Å². The third-order valence-electron chi connectivity index (χ3n) is 10.3. The first kappa shape index (κ1) is 45.4. The normalized spacial score (nSPS) is 14.0. The van der Waals surface area contributed by atoms with E-state index in [0.717, 1.165) is 72.0 Å². The number of aliphatic imine (C=N–C) groups is 4. The van der Waals surface area contributed by atoms with E-state index in [-0.39, 0.29) is 28.2 Å². The number of primary sulfonamides is 1. The lowest BCUT2D eigenvalue weighted by Gasteiger charge is -2.21. The summed E-state index contributed by atoms with van der Waals surface area (Å²) < 4.78 is 98.8. The Kier molecular flexibility index (Phi) is 13.0. The Morgan fingerprint density at radius 1 is 0.597 bits per heavy atom. The van der Waals surface area contributed by atoms with Crippen LogP contribution in [0.25, 0.3) is 0 Å². The predicted octanol–water partition coefficient (Wildman–Crippen LogP) is 7.90. The average molecular weight is 942 g/mol. The topological polar surface area (TPSA) is 216 Å². The average Bonchev–Trinajstić information content (AvgIpc) is 4.01. The molecule has 2 N–H and O–H groups in total. The Morgan fingerprint density at radius 2 is 1.07 bits per heavy atom. The number of nitriles is 2. The van der Waals surface area contributed by atoms with Gasteiger partial charge in [-0.2, -0.15) is 10.5 Å². The molecule has 0 fully saturated rings. The molecule has 0 radical (unpaired) electrons. The van der Waals surface area contributed by atoms with Crippen molar-refractivity contribution in [1.29, 1.82) is 10.5 Å². The van der Waals surface area contributed by atoms with Crippen molar-refractivity contribution in [2.24, 2.45) is 25.1 Å². The maximum Gasteiger partial charge on any atom is 0.240 e. The highest BCUT2D eigenvalue weighted by molar-refractivity contribution is 7.90. The molecule has 336 valence electrons. The smallest absolute Gasteiger partial charge is 0.240 e. The van der Waals surface area contributed by atoms with E-state index in [2.05, 4.69) is 25.1 Å². The quantitative estimate of drug-likeness (QED) is 0.156. The number of halogens is 3. The second-order valence-electron chi connectivity index (χ2n) is 14.6. The zero-order valence-corrected chi connectivity index (χ0v) is 36.4.